The van der Waals surface area contributed by atoms with Gasteiger partial charge in [0.2, 0.25) is 10.1 Å². The fraction of sp³-hybridized carbons (Fsp3) is 0.733. The first-order valence-corrected chi connectivity index (χ1v) is 8.52. The van der Waals surface area contributed by atoms with Crippen molar-refractivity contribution >= 4 is 21.4 Å². The summed E-state index contributed by atoms with van der Waals surface area (Å²) in [7, 11) is 0. The van der Waals surface area contributed by atoms with Crippen LogP contribution in [0.15, 0.2) is 6.20 Å². The monoisotopic (exact) mass is 308 g/mol. The molecule has 2 aromatic rings. The maximum absolute atomic E-state index is 5.74. The van der Waals surface area contributed by atoms with Crippen LogP contribution in [0.2, 0.25) is 0 Å². The summed E-state index contributed by atoms with van der Waals surface area (Å²) in [5.74, 6) is 0. The Morgan fingerprint density at radius 1 is 1.48 bits per heavy atom. The molecule has 0 saturated carbocycles. The highest BCUT2D eigenvalue weighted by Gasteiger charge is 2.23. The molecule has 1 saturated heterocycles. The highest BCUT2D eigenvalue weighted by molar-refractivity contribution is 7.20. The Morgan fingerprint density at radius 2 is 2.29 bits per heavy atom. The molecule has 6 heteroatoms. The van der Waals surface area contributed by atoms with Gasteiger partial charge in [-0.1, -0.05) is 32.1 Å². The van der Waals surface area contributed by atoms with Gasteiger partial charge in [-0.25, -0.2) is 9.50 Å². The van der Waals surface area contributed by atoms with Gasteiger partial charge in [0.25, 0.3) is 0 Å². The lowest BCUT2D eigenvalue weighted by atomic mass is 9.93. The third-order valence-corrected chi connectivity index (χ3v) is 4.88. The molecule has 1 atom stereocenters. The van der Waals surface area contributed by atoms with E-state index in [0.29, 0.717) is 6.10 Å². The largest absolute Gasteiger partial charge is 0.376 e. The van der Waals surface area contributed by atoms with Crippen LogP contribution in [0.5, 0.6) is 0 Å². The predicted molar refractivity (Wildman–Crippen MR) is 86.4 cm³/mol. The number of likely N-dealkylation sites (N-methyl/N-ethyl adjacent to an activating group) is 1. The molecule has 1 unspecified atom stereocenters. The van der Waals surface area contributed by atoms with Crippen molar-refractivity contribution in [1.82, 2.24) is 14.6 Å². The van der Waals surface area contributed by atoms with Crippen molar-refractivity contribution in [3.8, 4) is 0 Å². The molecule has 116 valence electrons. The first kappa shape index (κ1) is 14.8. The van der Waals surface area contributed by atoms with E-state index in [1.807, 2.05) is 4.52 Å². The Balaban J connectivity index is 1.80. The number of imidazole rings is 1. The van der Waals surface area contributed by atoms with E-state index < -0.39 is 0 Å². The SMILES string of the molecule is CCN(CC1CCCO1)c1nn2cc(C(C)(C)C)nc2s1. The molecule has 0 aliphatic carbocycles. The van der Waals surface area contributed by atoms with Crippen LogP contribution in [-0.4, -0.2) is 40.4 Å². The molecular formula is C15H24N4OS. The first-order valence-electron chi connectivity index (χ1n) is 7.70. The molecular weight excluding hydrogens is 284 g/mol. The molecule has 0 radical (unpaired) electrons. The summed E-state index contributed by atoms with van der Waals surface area (Å²) >= 11 is 1.66. The summed E-state index contributed by atoms with van der Waals surface area (Å²) in [6, 6.07) is 0. The molecule has 1 fully saturated rings. The number of anilines is 1. The lowest BCUT2D eigenvalue weighted by Gasteiger charge is -2.22. The fourth-order valence-electron chi connectivity index (χ4n) is 2.56. The second kappa shape index (κ2) is 5.57. The van der Waals surface area contributed by atoms with Crippen LogP contribution in [0.3, 0.4) is 0 Å². The van der Waals surface area contributed by atoms with E-state index in [0.717, 1.165) is 41.9 Å². The van der Waals surface area contributed by atoms with Crippen molar-refractivity contribution in [3.63, 3.8) is 0 Å². The molecule has 0 amide bonds. The van der Waals surface area contributed by atoms with E-state index >= 15 is 0 Å². The van der Waals surface area contributed by atoms with Crippen LogP contribution >= 0.6 is 11.3 Å². The van der Waals surface area contributed by atoms with E-state index in [2.05, 4.69) is 38.8 Å². The Morgan fingerprint density at radius 3 is 2.86 bits per heavy atom. The molecule has 0 aromatic carbocycles. The maximum atomic E-state index is 5.74. The fourth-order valence-corrected chi connectivity index (χ4v) is 3.51. The molecule has 21 heavy (non-hydrogen) atoms. The summed E-state index contributed by atoms with van der Waals surface area (Å²) in [5.41, 5.74) is 1.16. The Kier molecular flexibility index (Phi) is 3.92. The highest BCUT2D eigenvalue weighted by Crippen LogP contribution is 2.28. The third-order valence-electron chi connectivity index (χ3n) is 3.90. The zero-order valence-electron chi connectivity index (χ0n) is 13.3. The van der Waals surface area contributed by atoms with E-state index in [9.17, 15) is 0 Å². The summed E-state index contributed by atoms with van der Waals surface area (Å²) in [5, 5.41) is 5.74. The lowest BCUT2D eigenvalue weighted by Crippen LogP contribution is -2.32. The van der Waals surface area contributed by atoms with Crippen molar-refractivity contribution in [1.29, 1.82) is 0 Å². The van der Waals surface area contributed by atoms with Crippen molar-refractivity contribution in [2.75, 3.05) is 24.6 Å². The number of hydrogen-bond acceptors (Lipinski definition) is 5. The van der Waals surface area contributed by atoms with Gasteiger partial charge in [-0.2, -0.15) is 0 Å². The number of aromatic nitrogens is 3. The average Bonchev–Trinajstić information content (AvgIpc) is 3.09. The predicted octanol–water partition coefficient (Wildman–Crippen LogP) is 3.09. The molecule has 3 rings (SSSR count). The second-order valence-electron chi connectivity index (χ2n) is 6.66. The van der Waals surface area contributed by atoms with E-state index in [-0.39, 0.29) is 5.41 Å². The average molecular weight is 308 g/mol. The van der Waals surface area contributed by atoms with Crippen molar-refractivity contribution in [2.45, 2.75) is 52.1 Å². The van der Waals surface area contributed by atoms with Crippen molar-refractivity contribution in [2.24, 2.45) is 0 Å². The van der Waals surface area contributed by atoms with E-state index in [1.54, 1.807) is 11.3 Å². The van der Waals surface area contributed by atoms with Crippen molar-refractivity contribution in [3.05, 3.63) is 11.9 Å². The van der Waals surface area contributed by atoms with Gasteiger partial charge in [-0.05, 0) is 19.8 Å². The van der Waals surface area contributed by atoms with Crippen LogP contribution < -0.4 is 4.90 Å². The van der Waals surface area contributed by atoms with Crippen LogP contribution in [0.1, 0.15) is 46.2 Å². The quantitative estimate of drug-likeness (QED) is 0.870. The summed E-state index contributed by atoms with van der Waals surface area (Å²) in [6.45, 7) is 11.5. The molecule has 2 aromatic heterocycles. The summed E-state index contributed by atoms with van der Waals surface area (Å²) in [6.07, 6.45) is 4.74. The minimum atomic E-state index is 0.0652. The number of hydrogen-bond donors (Lipinski definition) is 0. The molecule has 0 spiro atoms. The minimum Gasteiger partial charge on any atom is -0.376 e. The molecule has 0 bridgehead atoms. The van der Waals surface area contributed by atoms with Crippen LogP contribution in [-0.2, 0) is 10.2 Å². The van der Waals surface area contributed by atoms with Crippen LogP contribution in [0.4, 0.5) is 5.13 Å². The van der Waals surface area contributed by atoms with E-state index in [4.69, 9.17) is 14.8 Å². The number of rotatable bonds is 4. The smallest absolute Gasteiger partial charge is 0.214 e. The maximum Gasteiger partial charge on any atom is 0.214 e. The third kappa shape index (κ3) is 3.06. The van der Waals surface area contributed by atoms with Gasteiger partial charge in [-0.3, -0.25) is 0 Å². The van der Waals surface area contributed by atoms with Gasteiger partial charge >= 0.3 is 0 Å². The van der Waals surface area contributed by atoms with Gasteiger partial charge in [0.05, 0.1) is 18.0 Å². The molecule has 5 nitrogen and oxygen atoms in total. The zero-order chi connectivity index (χ0) is 15.0. The minimum absolute atomic E-state index is 0.0652. The standard InChI is InChI=1S/C15H24N4OS/c1-5-18(9-11-7-6-8-20-11)14-17-19-10-12(15(2,3)4)16-13(19)21-14/h10-11H,5-9H2,1-4H3. The molecule has 3 heterocycles. The topological polar surface area (TPSA) is 42.7 Å². The Labute approximate surface area is 129 Å². The van der Waals surface area contributed by atoms with Gasteiger partial charge in [-0.15, -0.1) is 5.10 Å². The summed E-state index contributed by atoms with van der Waals surface area (Å²) < 4.78 is 7.65. The molecule has 1 aliphatic heterocycles. The number of nitrogens with zero attached hydrogens (tertiary/aromatic N) is 4. The molecule has 0 N–H and O–H groups in total. The lowest BCUT2D eigenvalue weighted by molar-refractivity contribution is 0.115. The molecule has 1 aliphatic rings. The summed E-state index contributed by atoms with van der Waals surface area (Å²) in [4.78, 5) is 7.98. The highest BCUT2D eigenvalue weighted by atomic mass is 32.1. The van der Waals surface area contributed by atoms with Gasteiger partial charge < -0.3 is 9.64 Å². The van der Waals surface area contributed by atoms with Crippen molar-refractivity contribution < 1.29 is 4.74 Å². The van der Waals surface area contributed by atoms with E-state index in [1.165, 1.54) is 6.42 Å². The first-order chi connectivity index (χ1) is 9.97. The Hall–Kier alpha value is -1.14. The normalized spacial score (nSPS) is 19.5. The van der Waals surface area contributed by atoms with Gasteiger partial charge in [0.15, 0.2) is 0 Å². The second-order valence-corrected chi connectivity index (χ2v) is 7.60. The zero-order valence-corrected chi connectivity index (χ0v) is 14.1. The van der Waals surface area contributed by atoms with Gasteiger partial charge in [0.1, 0.15) is 0 Å². The van der Waals surface area contributed by atoms with Crippen LogP contribution in [0.25, 0.3) is 4.96 Å². The Bertz CT molecular complexity index is 575. The number of ether oxygens (including phenoxy) is 1. The number of fused-ring (bicyclic) bond motifs is 1. The van der Waals surface area contributed by atoms with Crippen LogP contribution in [0, 0.1) is 0 Å². The van der Waals surface area contributed by atoms with Gasteiger partial charge in [0, 0.05) is 25.1 Å².